The number of hydrogen-bond donors (Lipinski definition) is 0. The molecule has 1 aromatic rings. The molecule has 0 saturated heterocycles. The quantitative estimate of drug-likeness (QED) is 0.569. The van der Waals surface area contributed by atoms with Crippen LogP contribution in [0, 0.1) is 13.8 Å². The van der Waals surface area contributed by atoms with Crippen LogP contribution in [-0.4, -0.2) is 0 Å². The van der Waals surface area contributed by atoms with Gasteiger partial charge in [0, 0.05) is 0 Å². The Morgan fingerprint density at radius 2 is 1.10 bits per heavy atom. The summed E-state index contributed by atoms with van der Waals surface area (Å²) in [5.41, 5.74) is 2.66. The van der Waals surface area contributed by atoms with Crippen molar-refractivity contribution in [3.8, 4) is 0 Å². The Kier molecular flexibility index (Phi) is 5.24. The van der Waals surface area contributed by atoms with Gasteiger partial charge in [0.2, 0.25) is 0 Å². The van der Waals surface area contributed by atoms with Crippen LogP contribution in [0.5, 0.6) is 0 Å². The van der Waals surface area contributed by atoms with E-state index in [1.165, 1.54) is 11.1 Å². The number of hydrogen-bond acceptors (Lipinski definition) is 1. The molecule has 0 radical (unpaired) electrons. The molecule has 0 amide bonds. The standard InChI is InChI=1S/C8H10.O.Zn/c1-7-3-5-8(2)6-4-7;;/h3-6H,1-2H3;;. The van der Waals surface area contributed by atoms with Gasteiger partial charge >= 0.3 is 21.8 Å². The van der Waals surface area contributed by atoms with Crippen molar-refractivity contribution in [2.45, 2.75) is 13.8 Å². The first-order valence-electron chi connectivity index (χ1n) is 3.11. The van der Waals surface area contributed by atoms with Crippen LogP contribution in [0.15, 0.2) is 24.3 Å². The molecule has 1 aromatic carbocycles. The summed E-state index contributed by atoms with van der Waals surface area (Å²) < 4.78 is 8.38. The van der Waals surface area contributed by atoms with E-state index >= 15 is 0 Å². The number of rotatable bonds is 0. The van der Waals surface area contributed by atoms with Crippen molar-refractivity contribution in [2.75, 3.05) is 0 Å². The minimum absolute atomic E-state index is 0.125. The summed E-state index contributed by atoms with van der Waals surface area (Å²) in [6, 6.07) is 8.48. The summed E-state index contributed by atoms with van der Waals surface area (Å²) in [5.74, 6) is 0. The maximum absolute atomic E-state index is 8.38. The van der Waals surface area contributed by atoms with Crippen molar-refractivity contribution < 1.29 is 21.8 Å². The fourth-order valence-electron chi connectivity index (χ4n) is 0.637. The molecular weight excluding hydrogens is 177 g/mol. The van der Waals surface area contributed by atoms with Gasteiger partial charge in [0.1, 0.15) is 0 Å². The molecule has 2 heteroatoms. The van der Waals surface area contributed by atoms with E-state index in [-0.39, 0.29) is 18.3 Å². The Bertz CT molecular complexity index is 160. The zero-order valence-electron chi connectivity index (χ0n) is 6.42. The molecule has 1 rings (SSSR count). The van der Waals surface area contributed by atoms with Crippen molar-refractivity contribution in [3.05, 3.63) is 35.4 Å². The third-order valence-corrected chi connectivity index (χ3v) is 1.22. The molecule has 0 aliphatic rings. The Balaban J connectivity index is 0.000000371. The van der Waals surface area contributed by atoms with Gasteiger partial charge < -0.3 is 0 Å². The van der Waals surface area contributed by atoms with E-state index in [0.717, 1.165) is 0 Å². The summed E-state index contributed by atoms with van der Waals surface area (Å²) in [6.45, 7) is 4.19. The molecule has 0 bridgehead atoms. The van der Waals surface area contributed by atoms with Crippen LogP contribution in [0.4, 0.5) is 0 Å². The van der Waals surface area contributed by atoms with Crippen molar-refractivity contribution in [1.29, 1.82) is 0 Å². The Labute approximate surface area is 71.4 Å². The van der Waals surface area contributed by atoms with Crippen LogP contribution in [-0.2, 0) is 21.8 Å². The third-order valence-electron chi connectivity index (χ3n) is 1.22. The van der Waals surface area contributed by atoms with E-state index in [1.807, 2.05) is 0 Å². The third kappa shape index (κ3) is 3.63. The SMILES string of the molecule is Cc1ccc(C)cc1.[O]=[Zn]. The summed E-state index contributed by atoms with van der Waals surface area (Å²) in [5, 5.41) is 0. The first kappa shape index (κ1) is 9.64. The topological polar surface area (TPSA) is 17.1 Å². The second-order valence-corrected chi connectivity index (χ2v) is 2.15. The fourth-order valence-corrected chi connectivity index (χ4v) is 0.637. The zero-order chi connectivity index (χ0) is 7.98. The summed E-state index contributed by atoms with van der Waals surface area (Å²) >= 11 is 0.125. The predicted molar refractivity (Wildman–Crippen MR) is 36.6 cm³/mol. The van der Waals surface area contributed by atoms with Gasteiger partial charge in [-0.15, -0.1) is 0 Å². The second-order valence-electron chi connectivity index (χ2n) is 2.15. The molecule has 0 aromatic heterocycles. The van der Waals surface area contributed by atoms with E-state index in [4.69, 9.17) is 3.57 Å². The summed E-state index contributed by atoms with van der Waals surface area (Å²) in [4.78, 5) is 0. The van der Waals surface area contributed by atoms with E-state index in [9.17, 15) is 0 Å². The first-order chi connectivity index (χ1) is 4.79. The molecule has 0 aliphatic heterocycles. The van der Waals surface area contributed by atoms with Crippen molar-refractivity contribution in [1.82, 2.24) is 0 Å². The second kappa shape index (κ2) is 5.43. The monoisotopic (exact) mass is 186 g/mol. The maximum atomic E-state index is 8.38. The van der Waals surface area contributed by atoms with Gasteiger partial charge in [-0.1, -0.05) is 35.4 Å². The van der Waals surface area contributed by atoms with Crippen molar-refractivity contribution >= 4 is 0 Å². The molecule has 0 spiro atoms. The predicted octanol–water partition coefficient (Wildman–Crippen LogP) is 2.18. The fraction of sp³-hybridized carbons (Fsp3) is 0.250. The summed E-state index contributed by atoms with van der Waals surface area (Å²) in [7, 11) is 0. The molecular formula is C8H10OZn. The van der Waals surface area contributed by atoms with Crippen molar-refractivity contribution in [2.24, 2.45) is 0 Å². The van der Waals surface area contributed by atoms with Gasteiger partial charge in [-0.2, -0.15) is 0 Å². The molecule has 0 aliphatic carbocycles. The molecule has 50 valence electrons. The minimum atomic E-state index is 0.125. The average Bonchev–Trinajstić information content (AvgIpc) is 2.00. The van der Waals surface area contributed by atoms with Crippen LogP contribution in [0.1, 0.15) is 11.1 Å². The van der Waals surface area contributed by atoms with Gasteiger partial charge in [0.25, 0.3) is 0 Å². The molecule has 0 atom stereocenters. The van der Waals surface area contributed by atoms with E-state index in [2.05, 4.69) is 38.1 Å². The van der Waals surface area contributed by atoms with Gasteiger partial charge in [-0.05, 0) is 13.8 Å². The van der Waals surface area contributed by atoms with Gasteiger partial charge in [-0.25, -0.2) is 0 Å². The normalized spacial score (nSPS) is 8.00. The Hall–Kier alpha value is -0.357. The van der Waals surface area contributed by atoms with E-state index in [0.29, 0.717) is 0 Å². The number of aryl methyl sites for hydroxylation is 2. The van der Waals surface area contributed by atoms with Crippen LogP contribution in [0.3, 0.4) is 0 Å². The van der Waals surface area contributed by atoms with Gasteiger partial charge in [0.15, 0.2) is 0 Å². The molecule has 0 N–H and O–H groups in total. The number of benzene rings is 1. The van der Waals surface area contributed by atoms with Gasteiger partial charge in [-0.3, -0.25) is 0 Å². The zero-order valence-corrected chi connectivity index (χ0v) is 9.39. The first-order valence-corrected chi connectivity index (χ1v) is 4.32. The molecule has 10 heavy (non-hydrogen) atoms. The van der Waals surface area contributed by atoms with Crippen LogP contribution in [0.2, 0.25) is 0 Å². The Morgan fingerprint density at radius 1 is 0.900 bits per heavy atom. The molecule has 0 fully saturated rings. The molecule has 0 saturated carbocycles. The van der Waals surface area contributed by atoms with Crippen molar-refractivity contribution in [3.63, 3.8) is 0 Å². The van der Waals surface area contributed by atoms with Crippen LogP contribution in [0.25, 0.3) is 0 Å². The molecule has 1 nitrogen and oxygen atoms in total. The molecule has 0 unspecified atom stereocenters. The summed E-state index contributed by atoms with van der Waals surface area (Å²) in [6.07, 6.45) is 0. The molecule has 0 heterocycles. The Morgan fingerprint density at radius 3 is 1.30 bits per heavy atom. The van der Waals surface area contributed by atoms with Crippen LogP contribution >= 0.6 is 0 Å². The van der Waals surface area contributed by atoms with E-state index in [1.54, 1.807) is 0 Å². The van der Waals surface area contributed by atoms with Gasteiger partial charge in [0.05, 0.1) is 0 Å². The van der Waals surface area contributed by atoms with Crippen LogP contribution < -0.4 is 0 Å². The van der Waals surface area contributed by atoms with E-state index < -0.39 is 0 Å². The average molecular weight is 188 g/mol.